The van der Waals surface area contributed by atoms with E-state index in [-0.39, 0.29) is 12.3 Å². The highest BCUT2D eigenvalue weighted by Crippen LogP contribution is 2.21. The van der Waals surface area contributed by atoms with Crippen molar-refractivity contribution < 1.29 is 9.53 Å². The van der Waals surface area contributed by atoms with Crippen molar-refractivity contribution in [2.45, 2.75) is 26.9 Å². The fraction of sp³-hybridized carbons (Fsp3) is 0.235. The molecule has 0 aromatic heterocycles. The van der Waals surface area contributed by atoms with E-state index >= 15 is 0 Å². The second-order valence-electron chi connectivity index (χ2n) is 4.97. The molecule has 3 nitrogen and oxygen atoms in total. The van der Waals surface area contributed by atoms with E-state index in [1.807, 2.05) is 50.2 Å². The fourth-order valence-corrected chi connectivity index (χ4v) is 2.08. The second kappa shape index (κ2) is 6.24. The number of primary amides is 1. The minimum absolute atomic E-state index is 0.242. The van der Waals surface area contributed by atoms with Crippen molar-refractivity contribution in [1.29, 1.82) is 0 Å². The Hall–Kier alpha value is -2.29. The maximum Gasteiger partial charge on any atom is 0.221 e. The Morgan fingerprint density at radius 2 is 1.80 bits per heavy atom. The molecule has 0 radical (unpaired) electrons. The minimum Gasteiger partial charge on any atom is -0.489 e. The number of carbonyl (C=O) groups excluding carboxylic acids is 1. The van der Waals surface area contributed by atoms with Gasteiger partial charge in [0.25, 0.3) is 0 Å². The number of benzene rings is 2. The largest absolute Gasteiger partial charge is 0.489 e. The van der Waals surface area contributed by atoms with E-state index in [9.17, 15) is 4.79 Å². The van der Waals surface area contributed by atoms with Gasteiger partial charge in [-0.05, 0) is 42.2 Å². The van der Waals surface area contributed by atoms with Crippen LogP contribution in [0.25, 0.3) is 0 Å². The van der Waals surface area contributed by atoms with Gasteiger partial charge in [-0.15, -0.1) is 0 Å². The van der Waals surface area contributed by atoms with Crippen LogP contribution in [0.1, 0.15) is 22.3 Å². The summed E-state index contributed by atoms with van der Waals surface area (Å²) >= 11 is 0. The summed E-state index contributed by atoms with van der Waals surface area (Å²) in [6.07, 6.45) is 0.242. The van der Waals surface area contributed by atoms with Crippen molar-refractivity contribution >= 4 is 5.91 Å². The lowest BCUT2D eigenvalue weighted by Gasteiger charge is -2.12. The highest BCUT2D eigenvalue weighted by atomic mass is 16.5. The van der Waals surface area contributed by atoms with Crippen LogP contribution in [-0.4, -0.2) is 5.91 Å². The highest BCUT2D eigenvalue weighted by molar-refractivity contribution is 5.77. The average Bonchev–Trinajstić information content (AvgIpc) is 2.41. The molecule has 1 amide bonds. The topological polar surface area (TPSA) is 52.3 Å². The molecule has 0 heterocycles. The monoisotopic (exact) mass is 269 g/mol. The summed E-state index contributed by atoms with van der Waals surface area (Å²) in [5.74, 6) is 0.545. The highest BCUT2D eigenvalue weighted by Gasteiger charge is 2.07. The van der Waals surface area contributed by atoms with E-state index in [1.165, 1.54) is 0 Å². The molecule has 2 N–H and O–H groups in total. The Labute approximate surface area is 119 Å². The first-order chi connectivity index (χ1) is 9.56. The van der Waals surface area contributed by atoms with Crippen molar-refractivity contribution in [1.82, 2.24) is 0 Å². The zero-order valence-corrected chi connectivity index (χ0v) is 11.8. The first-order valence-electron chi connectivity index (χ1n) is 6.61. The molecule has 0 saturated heterocycles. The third kappa shape index (κ3) is 3.60. The first kappa shape index (κ1) is 14.1. The molecule has 0 aliphatic carbocycles. The predicted molar refractivity (Wildman–Crippen MR) is 79.6 cm³/mol. The molecule has 104 valence electrons. The van der Waals surface area contributed by atoms with Gasteiger partial charge in [0.2, 0.25) is 5.91 Å². The lowest BCUT2D eigenvalue weighted by Crippen LogP contribution is -2.15. The van der Waals surface area contributed by atoms with E-state index < -0.39 is 0 Å². The Morgan fingerprint density at radius 1 is 1.10 bits per heavy atom. The lowest BCUT2D eigenvalue weighted by molar-refractivity contribution is -0.117. The number of nitrogens with two attached hydrogens (primary N) is 1. The summed E-state index contributed by atoms with van der Waals surface area (Å²) in [6, 6.07) is 13.8. The van der Waals surface area contributed by atoms with Crippen molar-refractivity contribution in [3.63, 3.8) is 0 Å². The Kier molecular flexibility index (Phi) is 4.41. The molecule has 0 bridgehead atoms. The zero-order valence-electron chi connectivity index (χ0n) is 11.8. The second-order valence-corrected chi connectivity index (χ2v) is 4.97. The molecule has 2 aromatic carbocycles. The lowest BCUT2D eigenvalue weighted by atomic mass is 10.0. The smallest absolute Gasteiger partial charge is 0.221 e. The molecule has 0 spiro atoms. The van der Waals surface area contributed by atoms with Crippen LogP contribution in [0.15, 0.2) is 42.5 Å². The molecule has 0 saturated carbocycles. The number of rotatable bonds is 5. The molecule has 20 heavy (non-hydrogen) atoms. The number of aryl methyl sites for hydroxylation is 2. The minimum atomic E-state index is -0.329. The molecule has 0 aliphatic rings. The van der Waals surface area contributed by atoms with E-state index in [1.54, 1.807) is 0 Å². The third-order valence-corrected chi connectivity index (χ3v) is 3.21. The van der Waals surface area contributed by atoms with Crippen molar-refractivity contribution in [2.24, 2.45) is 5.73 Å². The number of amides is 1. The molecule has 0 aliphatic heterocycles. The molecular formula is C17H19NO2. The summed E-state index contributed by atoms with van der Waals surface area (Å²) in [5.41, 5.74) is 9.44. The maximum absolute atomic E-state index is 11.1. The van der Waals surface area contributed by atoms with Crippen LogP contribution >= 0.6 is 0 Å². The van der Waals surface area contributed by atoms with Gasteiger partial charge < -0.3 is 10.5 Å². The van der Waals surface area contributed by atoms with Crippen LogP contribution in [0, 0.1) is 13.8 Å². The normalized spacial score (nSPS) is 10.3. The van der Waals surface area contributed by atoms with Gasteiger partial charge in [0.05, 0.1) is 6.42 Å². The summed E-state index contributed by atoms with van der Waals surface area (Å²) in [5, 5.41) is 0. The number of ether oxygens (including phenoxy) is 1. The van der Waals surface area contributed by atoms with Crippen molar-refractivity contribution in [2.75, 3.05) is 0 Å². The zero-order chi connectivity index (χ0) is 14.5. The predicted octanol–water partition coefficient (Wildman–Crippen LogP) is 2.91. The van der Waals surface area contributed by atoms with Crippen LogP contribution in [0.5, 0.6) is 5.75 Å². The Bertz CT molecular complexity index is 620. The van der Waals surface area contributed by atoms with Gasteiger partial charge in [0.15, 0.2) is 0 Å². The van der Waals surface area contributed by atoms with Crippen molar-refractivity contribution in [3.05, 3.63) is 64.7 Å². The molecule has 2 rings (SSSR count). The number of hydrogen-bond acceptors (Lipinski definition) is 2. The third-order valence-electron chi connectivity index (χ3n) is 3.21. The van der Waals surface area contributed by atoms with E-state index in [2.05, 4.69) is 6.07 Å². The molecule has 0 unspecified atom stereocenters. The van der Waals surface area contributed by atoms with Gasteiger partial charge in [-0.2, -0.15) is 0 Å². The SMILES string of the molecule is Cc1ccc(C)c(OCc2ccccc2CC(N)=O)c1. The number of carbonyl (C=O) groups is 1. The maximum atomic E-state index is 11.1. The molecular weight excluding hydrogens is 250 g/mol. The molecule has 3 heteroatoms. The summed E-state index contributed by atoms with van der Waals surface area (Å²) in [7, 11) is 0. The van der Waals surface area contributed by atoms with Gasteiger partial charge in [-0.25, -0.2) is 0 Å². The Balaban J connectivity index is 2.14. The van der Waals surface area contributed by atoms with E-state index in [0.29, 0.717) is 6.61 Å². The number of hydrogen-bond donors (Lipinski definition) is 1. The van der Waals surface area contributed by atoms with Crippen LogP contribution in [-0.2, 0) is 17.8 Å². The van der Waals surface area contributed by atoms with Gasteiger partial charge in [-0.3, -0.25) is 4.79 Å². The molecule has 0 atom stereocenters. The fourth-order valence-electron chi connectivity index (χ4n) is 2.08. The van der Waals surface area contributed by atoms with Gasteiger partial charge >= 0.3 is 0 Å². The van der Waals surface area contributed by atoms with Gasteiger partial charge in [0.1, 0.15) is 12.4 Å². The van der Waals surface area contributed by atoms with E-state index in [4.69, 9.17) is 10.5 Å². The van der Waals surface area contributed by atoms with Crippen LogP contribution < -0.4 is 10.5 Å². The Morgan fingerprint density at radius 3 is 2.50 bits per heavy atom. The van der Waals surface area contributed by atoms with Crippen LogP contribution in [0.3, 0.4) is 0 Å². The summed E-state index contributed by atoms with van der Waals surface area (Å²) in [6.45, 7) is 4.49. The van der Waals surface area contributed by atoms with Gasteiger partial charge in [0, 0.05) is 0 Å². The van der Waals surface area contributed by atoms with Crippen molar-refractivity contribution in [3.8, 4) is 5.75 Å². The standard InChI is InChI=1S/C17H19NO2/c1-12-7-8-13(2)16(9-12)20-11-15-6-4-3-5-14(15)10-17(18)19/h3-9H,10-11H2,1-2H3,(H2,18,19). The average molecular weight is 269 g/mol. The first-order valence-corrected chi connectivity index (χ1v) is 6.61. The van der Waals surface area contributed by atoms with Crippen LogP contribution in [0.4, 0.5) is 0 Å². The summed E-state index contributed by atoms with van der Waals surface area (Å²) < 4.78 is 5.87. The quantitative estimate of drug-likeness (QED) is 0.907. The van der Waals surface area contributed by atoms with Crippen LogP contribution in [0.2, 0.25) is 0 Å². The molecule has 0 fully saturated rings. The molecule has 2 aromatic rings. The van der Waals surface area contributed by atoms with E-state index in [0.717, 1.165) is 28.0 Å². The summed E-state index contributed by atoms with van der Waals surface area (Å²) in [4.78, 5) is 11.1. The van der Waals surface area contributed by atoms with Gasteiger partial charge in [-0.1, -0.05) is 36.4 Å².